The lowest BCUT2D eigenvalue weighted by atomic mass is 9.83. The van der Waals surface area contributed by atoms with Crippen molar-refractivity contribution >= 4 is 47.3 Å². The van der Waals surface area contributed by atoms with E-state index in [1.807, 2.05) is 19.9 Å². The number of hydrogen-bond acceptors (Lipinski definition) is 9. The fourth-order valence-corrected chi connectivity index (χ4v) is 7.04. The first-order chi connectivity index (χ1) is 28.7. The zero-order chi connectivity index (χ0) is 44.0. The molecule has 0 radical (unpaired) electrons. The van der Waals surface area contributed by atoms with Gasteiger partial charge >= 0.3 is 11.9 Å². The highest BCUT2D eigenvalue weighted by molar-refractivity contribution is 6.38. The number of allylic oxidation sites excluding steroid dienone is 2. The standard InChI is InChI=1S/C45H61N5O10/c1-5-7-20-33(44(57)58)26-36(51)49-38(31-21-13-9-14-22-31)42(55)48-35(25-29(3)4)41(54)47-34(17-6-2)40(53)43(56)46-27-37(52)50-39(32-23-15-10-16-24-32)45(59)60-28-30-18-11-8-12-19-30/h5,7-8,10-12,15-16,18-19,23-24,29,31,33-35,38-39H,6,9,13-14,17,20-22,25-28H2,1-4H3,(H,46,56)(H,47,54)(H,48,55)(H,49,51)(H,50,52)(H,57,58)/b7-5+/t33?,34?,35-,38-,39-/m0/s1. The number of ether oxygens (including phenoxy) is 1. The van der Waals surface area contributed by atoms with E-state index in [4.69, 9.17) is 4.74 Å². The highest BCUT2D eigenvalue weighted by atomic mass is 16.5. The van der Waals surface area contributed by atoms with Crippen molar-refractivity contribution in [1.29, 1.82) is 0 Å². The Bertz CT molecular complexity index is 1780. The lowest BCUT2D eigenvalue weighted by Crippen LogP contribution is -2.58. The fraction of sp³-hybridized carbons (Fsp3) is 0.511. The summed E-state index contributed by atoms with van der Waals surface area (Å²) < 4.78 is 5.46. The summed E-state index contributed by atoms with van der Waals surface area (Å²) in [6, 6.07) is 12.8. The molecule has 1 fully saturated rings. The predicted molar refractivity (Wildman–Crippen MR) is 223 cm³/mol. The molecule has 2 aromatic rings. The summed E-state index contributed by atoms with van der Waals surface area (Å²) in [6.07, 6.45) is 7.83. The Morgan fingerprint density at radius 1 is 0.800 bits per heavy atom. The SMILES string of the molecule is C/C=C/CC(CC(=O)N[C@H](C(=O)N[C@@H](CC(C)C)C(=O)NC(CCC)C(=O)C(=O)NCC(=O)N[C@H](C(=O)OCc1ccccc1)c1ccccc1)C1CCCCC1)C(=O)O. The third kappa shape index (κ3) is 16.4. The number of amides is 5. The number of ketones is 1. The summed E-state index contributed by atoms with van der Waals surface area (Å²) in [6.45, 7) is 6.53. The molecule has 60 heavy (non-hydrogen) atoms. The van der Waals surface area contributed by atoms with Crippen molar-refractivity contribution in [1.82, 2.24) is 26.6 Å². The Kier molecular flexibility index (Phi) is 20.7. The highest BCUT2D eigenvalue weighted by Crippen LogP contribution is 2.27. The number of aliphatic carboxylic acids is 1. The molecule has 0 heterocycles. The molecule has 0 bridgehead atoms. The van der Waals surface area contributed by atoms with Crippen LogP contribution in [0.4, 0.5) is 0 Å². The minimum atomic E-state index is -1.29. The quantitative estimate of drug-likeness (QED) is 0.0502. The zero-order valence-electron chi connectivity index (χ0n) is 35.1. The molecule has 5 atom stereocenters. The maximum Gasteiger partial charge on any atom is 0.333 e. The molecule has 2 unspecified atom stereocenters. The molecule has 3 rings (SSSR count). The molecule has 0 spiro atoms. The second kappa shape index (κ2) is 25.6. The fourth-order valence-electron chi connectivity index (χ4n) is 7.04. The molecule has 1 aliphatic carbocycles. The normalized spacial score (nSPS) is 15.4. The smallest absolute Gasteiger partial charge is 0.333 e. The average molecular weight is 832 g/mol. The Hall–Kier alpha value is -5.86. The molecule has 15 heteroatoms. The van der Waals surface area contributed by atoms with Gasteiger partial charge in [-0.3, -0.25) is 33.6 Å². The molecule has 0 saturated heterocycles. The van der Waals surface area contributed by atoms with Crippen LogP contribution in [0, 0.1) is 17.8 Å². The number of Topliss-reactive ketones (excluding diaryl/α,β-unsaturated/α-hetero) is 1. The second-order valence-corrected chi connectivity index (χ2v) is 15.6. The first-order valence-electron chi connectivity index (χ1n) is 20.8. The molecule has 0 aromatic heterocycles. The van der Waals surface area contributed by atoms with Gasteiger partial charge in [-0.05, 0) is 62.0 Å². The number of carboxylic acid groups (broad SMARTS) is 1. The molecule has 1 aliphatic rings. The van der Waals surface area contributed by atoms with Crippen molar-refractivity contribution in [3.63, 3.8) is 0 Å². The number of nitrogens with one attached hydrogen (secondary N) is 5. The maximum atomic E-state index is 13.9. The van der Waals surface area contributed by atoms with Crippen LogP contribution in [-0.4, -0.2) is 77.0 Å². The first-order valence-corrected chi connectivity index (χ1v) is 20.8. The van der Waals surface area contributed by atoms with Crippen molar-refractivity contribution in [3.05, 3.63) is 83.9 Å². The van der Waals surface area contributed by atoms with Gasteiger partial charge in [-0.15, -0.1) is 0 Å². The van der Waals surface area contributed by atoms with Crippen LogP contribution in [0.15, 0.2) is 72.8 Å². The van der Waals surface area contributed by atoms with Crippen molar-refractivity contribution in [2.75, 3.05) is 6.54 Å². The highest BCUT2D eigenvalue weighted by Gasteiger charge is 2.36. The van der Waals surface area contributed by atoms with Gasteiger partial charge in [0.2, 0.25) is 29.4 Å². The number of esters is 1. The summed E-state index contributed by atoms with van der Waals surface area (Å²) in [4.78, 5) is 106. The molecular formula is C45H61N5O10. The zero-order valence-corrected chi connectivity index (χ0v) is 35.1. The number of carboxylic acids is 1. The summed E-state index contributed by atoms with van der Waals surface area (Å²) in [7, 11) is 0. The minimum Gasteiger partial charge on any atom is -0.481 e. The van der Waals surface area contributed by atoms with Gasteiger partial charge in [0.25, 0.3) is 5.91 Å². The lowest BCUT2D eigenvalue weighted by molar-refractivity contribution is -0.149. The monoisotopic (exact) mass is 831 g/mol. The molecule has 2 aromatic carbocycles. The summed E-state index contributed by atoms with van der Waals surface area (Å²) in [5, 5.41) is 22.7. The maximum absolute atomic E-state index is 13.9. The number of carbonyl (C=O) groups excluding carboxylic acids is 7. The Morgan fingerprint density at radius 2 is 1.43 bits per heavy atom. The van der Waals surface area contributed by atoms with E-state index in [2.05, 4.69) is 26.6 Å². The Labute approximate surface area is 352 Å². The summed E-state index contributed by atoms with van der Waals surface area (Å²) >= 11 is 0. The molecule has 0 aliphatic heterocycles. The van der Waals surface area contributed by atoms with E-state index in [0.717, 1.165) is 24.8 Å². The van der Waals surface area contributed by atoms with Gasteiger partial charge in [-0.25, -0.2) is 4.79 Å². The number of carbonyl (C=O) groups is 8. The van der Waals surface area contributed by atoms with Crippen LogP contribution in [0.3, 0.4) is 0 Å². The van der Waals surface area contributed by atoms with Crippen LogP contribution < -0.4 is 26.6 Å². The van der Waals surface area contributed by atoms with Crippen LogP contribution in [-0.2, 0) is 49.7 Å². The van der Waals surface area contributed by atoms with E-state index in [-0.39, 0.29) is 44.1 Å². The van der Waals surface area contributed by atoms with Gasteiger partial charge < -0.3 is 36.4 Å². The second-order valence-electron chi connectivity index (χ2n) is 15.6. The summed E-state index contributed by atoms with van der Waals surface area (Å²) in [5.74, 6) is -7.97. The van der Waals surface area contributed by atoms with E-state index >= 15 is 0 Å². The van der Waals surface area contributed by atoms with Gasteiger partial charge in [-0.2, -0.15) is 0 Å². The predicted octanol–water partition coefficient (Wildman–Crippen LogP) is 4.21. The van der Waals surface area contributed by atoms with Crippen molar-refractivity contribution < 1.29 is 48.2 Å². The molecular weight excluding hydrogens is 771 g/mol. The number of benzene rings is 2. The largest absolute Gasteiger partial charge is 0.481 e. The van der Waals surface area contributed by atoms with Crippen LogP contribution >= 0.6 is 0 Å². The minimum absolute atomic E-state index is 0.0274. The Morgan fingerprint density at radius 3 is 2.03 bits per heavy atom. The van der Waals surface area contributed by atoms with Gasteiger partial charge in [-0.1, -0.05) is 119 Å². The Balaban J connectivity index is 1.68. The van der Waals surface area contributed by atoms with Gasteiger partial charge in [0.05, 0.1) is 18.5 Å². The van der Waals surface area contributed by atoms with E-state index in [1.165, 1.54) is 0 Å². The molecule has 6 N–H and O–H groups in total. The third-order valence-corrected chi connectivity index (χ3v) is 10.2. The van der Waals surface area contributed by atoms with E-state index in [0.29, 0.717) is 24.8 Å². The molecule has 326 valence electrons. The van der Waals surface area contributed by atoms with E-state index in [9.17, 15) is 43.5 Å². The van der Waals surface area contributed by atoms with Crippen molar-refractivity contribution in [3.8, 4) is 0 Å². The van der Waals surface area contributed by atoms with Crippen LogP contribution in [0.5, 0.6) is 0 Å². The molecule has 15 nitrogen and oxygen atoms in total. The lowest BCUT2D eigenvalue weighted by Gasteiger charge is -2.32. The topological polar surface area (TPSA) is 226 Å². The number of rotatable bonds is 24. The van der Waals surface area contributed by atoms with Crippen LogP contribution in [0.25, 0.3) is 0 Å². The third-order valence-electron chi connectivity index (χ3n) is 10.2. The van der Waals surface area contributed by atoms with Crippen molar-refractivity contribution in [2.45, 2.75) is 123 Å². The van der Waals surface area contributed by atoms with Crippen molar-refractivity contribution in [2.24, 2.45) is 17.8 Å². The molecule has 5 amide bonds. The van der Waals surface area contributed by atoms with Crippen LogP contribution in [0.1, 0.15) is 109 Å². The van der Waals surface area contributed by atoms with E-state index < -0.39 is 83.9 Å². The van der Waals surface area contributed by atoms with Gasteiger partial charge in [0.15, 0.2) is 6.04 Å². The van der Waals surface area contributed by atoms with Gasteiger partial charge in [0, 0.05) is 6.42 Å². The van der Waals surface area contributed by atoms with Crippen LogP contribution in [0.2, 0.25) is 0 Å². The van der Waals surface area contributed by atoms with Gasteiger partial charge in [0.1, 0.15) is 18.7 Å². The first kappa shape index (κ1) is 48.5. The molecule has 1 saturated carbocycles. The number of hydrogen-bond donors (Lipinski definition) is 6. The summed E-state index contributed by atoms with van der Waals surface area (Å²) in [5.41, 5.74) is 1.19. The average Bonchev–Trinajstić information content (AvgIpc) is 3.24. The van der Waals surface area contributed by atoms with E-state index in [1.54, 1.807) is 80.6 Å².